The van der Waals surface area contributed by atoms with Gasteiger partial charge in [-0.3, -0.25) is 4.79 Å². The van der Waals surface area contributed by atoms with E-state index >= 15 is 0 Å². The average molecular weight is 236 g/mol. The van der Waals surface area contributed by atoms with Crippen molar-refractivity contribution in [3.8, 4) is 0 Å². The number of amides is 1. The van der Waals surface area contributed by atoms with Crippen LogP contribution in [0.1, 0.15) is 30.8 Å². The van der Waals surface area contributed by atoms with E-state index in [4.69, 9.17) is 10.5 Å². The third-order valence-corrected chi connectivity index (χ3v) is 3.19. The maximum Gasteiger partial charge on any atom is 0.271 e. The largest absolute Gasteiger partial charge is 0.382 e. The van der Waals surface area contributed by atoms with Gasteiger partial charge in [-0.05, 0) is 20.3 Å². The van der Waals surface area contributed by atoms with E-state index in [-0.39, 0.29) is 23.2 Å². The number of nitrogens with zero attached hydrogens (tertiary/aromatic N) is 2. The van der Waals surface area contributed by atoms with Crippen molar-refractivity contribution in [2.75, 3.05) is 12.3 Å². The number of carbonyl (C=O) groups excluding carboxylic acids is 1. The Kier molecular flexibility index (Phi) is 2.97. The molecule has 0 spiro atoms. The first-order chi connectivity index (χ1) is 8.01. The summed E-state index contributed by atoms with van der Waals surface area (Å²) in [6, 6.07) is 0. The van der Waals surface area contributed by atoms with Crippen LogP contribution in [0.25, 0.3) is 0 Å². The lowest BCUT2D eigenvalue weighted by atomic mass is 9.94. The van der Waals surface area contributed by atoms with Crippen molar-refractivity contribution in [2.45, 2.75) is 31.9 Å². The third kappa shape index (κ3) is 2.36. The zero-order valence-corrected chi connectivity index (χ0v) is 9.93. The highest BCUT2D eigenvalue weighted by atomic mass is 16.5. The Balaban J connectivity index is 2.09. The van der Waals surface area contributed by atoms with Crippen molar-refractivity contribution in [3.63, 3.8) is 0 Å². The molecule has 0 aliphatic carbocycles. The molecule has 0 bridgehead atoms. The minimum atomic E-state index is -0.347. The van der Waals surface area contributed by atoms with Crippen LogP contribution in [0.3, 0.4) is 0 Å². The number of nitrogen functional groups attached to an aromatic ring is 1. The first-order valence-electron chi connectivity index (χ1n) is 5.53. The van der Waals surface area contributed by atoms with Crippen LogP contribution in [0, 0.1) is 0 Å². The summed E-state index contributed by atoms with van der Waals surface area (Å²) in [5.74, 6) is 0.0441. The van der Waals surface area contributed by atoms with Crippen molar-refractivity contribution in [2.24, 2.45) is 0 Å². The van der Waals surface area contributed by atoms with Crippen LogP contribution >= 0.6 is 0 Å². The predicted octanol–water partition coefficient (Wildman–Crippen LogP) is 0.356. The Labute approximate surface area is 99.6 Å². The molecular formula is C11H16N4O2. The molecule has 1 aromatic rings. The molecule has 1 aliphatic heterocycles. The number of nitrogens with one attached hydrogen (secondary N) is 1. The van der Waals surface area contributed by atoms with Crippen LogP contribution in [0.15, 0.2) is 12.4 Å². The smallest absolute Gasteiger partial charge is 0.271 e. The van der Waals surface area contributed by atoms with E-state index in [0.29, 0.717) is 12.4 Å². The fourth-order valence-electron chi connectivity index (χ4n) is 1.78. The highest BCUT2D eigenvalue weighted by molar-refractivity contribution is 5.92. The predicted molar refractivity (Wildman–Crippen MR) is 62.3 cm³/mol. The van der Waals surface area contributed by atoms with Gasteiger partial charge >= 0.3 is 0 Å². The Morgan fingerprint density at radius 2 is 2.35 bits per heavy atom. The summed E-state index contributed by atoms with van der Waals surface area (Å²) in [7, 11) is 0. The molecule has 2 atom stereocenters. The minimum absolute atomic E-state index is 0.00630. The molecular weight excluding hydrogens is 220 g/mol. The summed E-state index contributed by atoms with van der Waals surface area (Å²) in [6.45, 7) is 4.57. The average Bonchev–Trinajstić information content (AvgIpc) is 2.60. The fourth-order valence-corrected chi connectivity index (χ4v) is 1.78. The summed E-state index contributed by atoms with van der Waals surface area (Å²) in [5, 5.41) is 2.93. The summed E-state index contributed by atoms with van der Waals surface area (Å²) < 4.78 is 5.45. The van der Waals surface area contributed by atoms with Crippen LogP contribution in [0.5, 0.6) is 0 Å². The molecule has 0 radical (unpaired) electrons. The number of hydrogen-bond acceptors (Lipinski definition) is 5. The number of ether oxygens (including phenoxy) is 1. The van der Waals surface area contributed by atoms with E-state index < -0.39 is 0 Å². The standard InChI is InChI=1S/C11H16N4O2/c1-7-11(2,3-4-17-7)15-10(16)8-5-14-9(12)6-13-8/h5-7H,3-4H2,1-2H3,(H2,12,14)(H,15,16). The summed E-state index contributed by atoms with van der Waals surface area (Å²) in [5.41, 5.74) is 5.33. The molecule has 92 valence electrons. The number of carbonyl (C=O) groups is 1. The second-order valence-electron chi connectivity index (χ2n) is 4.46. The first kappa shape index (κ1) is 11.8. The maximum atomic E-state index is 12.0. The molecule has 0 aromatic carbocycles. The van der Waals surface area contributed by atoms with Gasteiger partial charge in [-0.2, -0.15) is 0 Å². The quantitative estimate of drug-likeness (QED) is 0.773. The lowest BCUT2D eigenvalue weighted by Gasteiger charge is -2.28. The molecule has 1 aromatic heterocycles. The second-order valence-corrected chi connectivity index (χ2v) is 4.46. The topological polar surface area (TPSA) is 90.1 Å². The number of anilines is 1. The monoisotopic (exact) mass is 236 g/mol. The van der Waals surface area contributed by atoms with Crippen molar-refractivity contribution < 1.29 is 9.53 Å². The molecule has 6 nitrogen and oxygen atoms in total. The van der Waals surface area contributed by atoms with Crippen LogP contribution < -0.4 is 11.1 Å². The summed E-state index contributed by atoms with van der Waals surface area (Å²) in [6.07, 6.45) is 3.52. The Hall–Kier alpha value is -1.69. The summed E-state index contributed by atoms with van der Waals surface area (Å²) >= 11 is 0. The zero-order valence-electron chi connectivity index (χ0n) is 9.93. The molecule has 2 rings (SSSR count). The summed E-state index contributed by atoms with van der Waals surface area (Å²) in [4.78, 5) is 19.7. The molecule has 1 fully saturated rings. The normalized spacial score (nSPS) is 28.0. The lowest BCUT2D eigenvalue weighted by Crippen LogP contribution is -2.50. The number of hydrogen-bond donors (Lipinski definition) is 2. The van der Waals surface area contributed by atoms with Gasteiger partial charge in [0.2, 0.25) is 0 Å². The van der Waals surface area contributed by atoms with E-state index in [1.165, 1.54) is 12.4 Å². The van der Waals surface area contributed by atoms with Crippen LogP contribution in [-0.2, 0) is 4.74 Å². The number of aromatic nitrogens is 2. The van der Waals surface area contributed by atoms with Gasteiger partial charge in [0.15, 0.2) is 0 Å². The second kappa shape index (κ2) is 4.29. The van der Waals surface area contributed by atoms with Gasteiger partial charge in [0.05, 0.1) is 24.0 Å². The number of rotatable bonds is 2. The highest BCUT2D eigenvalue weighted by Gasteiger charge is 2.38. The van der Waals surface area contributed by atoms with Gasteiger partial charge in [-0.1, -0.05) is 0 Å². The highest BCUT2D eigenvalue weighted by Crippen LogP contribution is 2.25. The van der Waals surface area contributed by atoms with Crippen LogP contribution in [0.4, 0.5) is 5.82 Å². The first-order valence-corrected chi connectivity index (χ1v) is 5.53. The Morgan fingerprint density at radius 1 is 1.59 bits per heavy atom. The van der Waals surface area contributed by atoms with Crippen LogP contribution in [0.2, 0.25) is 0 Å². The van der Waals surface area contributed by atoms with Crippen LogP contribution in [-0.4, -0.2) is 34.1 Å². The van der Waals surface area contributed by atoms with Gasteiger partial charge in [0.25, 0.3) is 5.91 Å². The minimum Gasteiger partial charge on any atom is -0.382 e. The molecule has 0 saturated carbocycles. The van der Waals surface area contributed by atoms with Gasteiger partial charge in [0.1, 0.15) is 11.5 Å². The van der Waals surface area contributed by atoms with E-state index in [0.717, 1.165) is 6.42 Å². The zero-order chi connectivity index (χ0) is 12.5. The molecule has 1 saturated heterocycles. The van der Waals surface area contributed by atoms with Gasteiger partial charge in [-0.15, -0.1) is 0 Å². The van der Waals surface area contributed by atoms with Crippen molar-refractivity contribution in [1.29, 1.82) is 0 Å². The van der Waals surface area contributed by atoms with E-state index in [2.05, 4.69) is 15.3 Å². The lowest BCUT2D eigenvalue weighted by molar-refractivity contribution is 0.0724. The molecule has 17 heavy (non-hydrogen) atoms. The van der Waals surface area contributed by atoms with Gasteiger partial charge in [0, 0.05) is 6.61 Å². The molecule has 1 amide bonds. The molecule has 2 heterocycles. The maximum absolute atomic E-state index is 12.0. The van der Waals surface area contributed by atoms with E-state index in [9.17, 15) is 4.79 Å². The van der Waals surface area contributed by atoms with Crippen molar-refractivity contribution >= 4 is 11.7 Å². The Bertz CT molecular complexity index is 420. The molecule has 1 aliphatic rings. The molecule has 3 N–H and O–H groups in total. The fraction of sp³-hybridized carbons (Fsp3) is 0.545. The SMILES string of the molecule is CC1OCCC1(C)NC(=O)c1cnc(N)cn1. The van der Waals surface area contributed by atoms with Gasteiger partial charge < -0.3 is 15.8 Å². The molecule has 2 unspecified atom stereocenters. The number of nitrogens with two attached hydrogens (primary N) is 1. The molecule has 6 heteroatoms. The van der Waals surface area contributed by atoms with E-state index in [1.807, 2.05) is 13.8 Å². The van der Waals surface area contributed by atoms with Crippen molar-refractivity contribution in [1.82, 2.24) is 15.3 Å². The van der Waals surface area contributed by atoms with Crippen molar-refractivity contribution in [3.05, 3.63) is 18.1 Å². The van der Waals surface area contributed by atoms with Gasteiger partial charge in [-0.25, -0.2) is 9.97 Å². The third-order valence-electron chi connectivity index (χ3n) is 3.19. The Morgan fingerprint density at radius 3 is 2.88 bits per heavy atom. The van der Waals surface area contributed by atoms with E-state index in [1.54, 1.807) is 0 Å².